The van der Waals surface area contributed by atoms with Crippen LogP contribution in [0.3, 0.4) is 0 Å². The fraction of sp³-hybridized carbons (Fsp3) is 0.350. The van der Waals surface area contributed by atoms with Crippen molar-refractivity contribution in [3.63, 3.8) is 0 Å². The highest BCUT2D eigenvalue weighted by Gasteiger charge is 2.21. The SMILES string of the molecule is NCc1ccc(C(=O)N2CCN(CCc3ccc(Cl)c(Cl)c3)CC2)cc1. The lowest BCUT2D eigenvalue weighted by molar-refractivity contribution is 0.0638. The molecule has 0 spiro atoms. The van der Waals surface area contributed by atoms with Crippen LogP contribution in [0, 0.1) is 0 Å². The Kier molecular flexibility index (Phi) is 6.54. The number of nitrogens with two attached hydrogens (primary N) is 1. The van der Waals surface area contributed by atoms with Crippen molar-refractivity contribution in [1.82, 2.24) is 9.80 Å². The fourth-order valence-electron chi connectivity index (χ4n) is 3.12. The smallest absolute Gasteiger partial charge is 0.253 e. The number of piperazine rings is 1. The van der Waals surface area contributed by atoms with Crippen molar-refractivity contribution in [1.29, 1.82) is 0 Å². The lowest BCUT2D eigenvalue weighted by Gasteiger charge is -2.34. The van der Waals surface area contributed by atoms with Gasteiger partial charge in [-0.3, -0.25) is 9.69 Å². The minimum Gasteiger partial charge on any atom is -0.336 e. The van der Waals surface area contributed by atoms with Gasteiger partial charge in [0.25, 0.3) is 5.91 Å². The van der Waals surface area contributed by atoms with Crippen molar-refractivity contribution in [3.8, 4) is 0 Å². The Hall–Kier alpha value is -1.59. The predicted molar refractivity (Wildman–Crippen MR) is 107 cm³/mol. The first-order chi connectivity index (χ1) is 12.6. The number of carbonyl (C=O) groups excluding carboxylic acids is 1. The van der Waals surface area contributed by atoms with Crippen LogP contribution in [0.1, 0.15) is 21.5 Å². The summed E-state index contributed by atoms with van der Waals surface area (Å²) >= 11 is 12.0. The summed E-state index contributed by atoms with van der Waals surface area (Å²) in [4.78, 5) is 16.9. The van der Waals surface area contributed by atoms with E-state index in [-0.39, 0.29) is 5.91 Å². The van der Waals surface area contributed by atoms with Gasteiger partial charge in [-0.2, -0.15) is 0 Å². The molecular formula is C20H23Cl2N3O. The normalized spacial score (nSPS) is 15.3. The molecule has 2 N–H and O–H groups in total. The van der Waals surface area contributed by atoms with Gasteiger partial charge in [0.05, 0.1) is 10.0 Å². The molecule has 6 heteroatoms. The number of hydrogen-bond donors (Lipinski definition) is 1. The zero-order valence-corrected chi connectivity index (χ0v) is 16.1. The van der Waals surface area contributed by atoms with Gasteiger partial charge in [-0.1, -0.05) is 41.4 Å². The van der Waals surface area contributed by atoms with Crippen LogP contribution in [0.25, 0.3) is 0 Å². The number of halogens is 2. The standard InChI is InChI=1S/C20H23Cl2N3O/c21-18-6-3-15(13-19(18)22)7-8-24-9-11-25(12-10-24)20(26)17-4-1-16(14-23)2-5-17/h1-6,13H,7-12,14,23H2. The Morgan fingerprint density at radius 1 is 0.923 bits per heavy atom. The zero-order valence-electron chi connectivity index (χ0n) is 14.6. The molecule has 1 saturated heterocycles. The third-order valence-electron chi connectivity index (χ3n) is 4.80. The minimum atomic E-state index is 0.0951. The molecule has 4 nitrogen and oxygen atoms in total. The molecule has 0 atom stereocenters. The number of rotatable bonds is 5. The summed E-state index contributed by atoms with van der Waals surface area (Å²) in [5.41, 5.74) is 8.55. The van der Waals surface area contributed by atoms with Gasteiger partial charge in [0, 0.05) is 44.8 Å². The van der Waals surface area contributed by atoms with Crippen molar-refractivity contribution in [2.24, 2.45) is 5.73 Å². The second kappa shape index (κ2) is 8.87. The summed E-state index contributed by atoms with van der Waals surface area (Å²) in [6.07, 6.45) is 0.922. The van der Waals surface area contributed by atoms with Crippen LogP contribution in [-0.4, -0.2) is 48.4 Å². The Labute approximate surface area is 164 Å². The van der Waals surface area contributed by atoms with Gasteiger partial charge >= 0.3 is 0 Å². The molecule has 1 amide bonds. The average molecular weight is 392 g/mol. The lowest BCUT2D eigenvalue weighted by Crippen LogP contribution is -2.49. The van der Waals surface area contributed by atoms with Crippen molar-refractivity contribution >= 4 is 29.1 Å². The molecule has 0 aromatic heterocycles. The monoisotopic (exact) mass is 391 g/mol. The Morgan fingerprint density at radius 2 is 1.58 bits per heavy atom. The number of hydrogen-bond acceptors (Lipinski definition) is 3. The number of amides is 1. The third-order valence-corrected chi connectivity index (χ3v) is 5.54. The molecular weight excluding hydrogens is 369 g/mol. The summed E-state index contributed by atoms with van der Waals surface area (Å²) < 4.78 is 0. The highest BCUT2D eigenvalue weighted by molar-refractivity contribution is 6.42. The van der Waals surface area contributed by atoms with Crippen LogP contribution in [0.15, 0.2) is 42.5 Å². The zero-order chi connectivity index (χ0) is 18.5. The summed E-state index contributed by atoms with van der Waals surface area (Å²) in [6.45, 7) is 4.71. The molecule has 0 unspecified atom stereocenters. The van der Waals surface area contributed by atoms with E-state index in [9.17, 15) is 4.79 Å². The third kappa shape index (κ3) is 4.77. The van der Waals surface area contributed by atoms with E-state index in [1.807, 2.05) is 47.4 Å². The first kappa shape index (κ1) is 19.2. The number of benzene rings is 2. The van der Waals surface area contributed by atoms with Gasteiger partial charge in [-0.05, 0) is 41.8 Å². The maximum atomic E-state index is 12.6. The largest absolute Gasteiger partial charge is 0.336 e. The van der Waals surface area contributed by atoms with E-state index in [0.29, 0.717) is 16.6 Å². The van der Waals surface area contributed by atoms with Gasteiger partial charge < -0.3 is 10.6 Å². The van der Waals surface area contributed by atoms with Gasteiger partial charge in [0.2, 0.25) is 0 Å². The number of nitrogens with zero attached hydrogens (tertiary/aromatic N) is 2. The van der Waals surface area contributed by atoms with E-state index in [1.165, 1.54) is 5.56 Å². The van der Waals surface area contributed by atoms with E-state index < -0.39 is 0 Å². The van der Waals surface area contributed by atoms with Gasteiger partial charge in [0.1, 0.15) is 0 Å². The van der Waals surface area contributed by atoms with Crippen LogP contribution in [0.5, 0.6) is 0 Å². The van der Waals surface area contributed by atoms with E-state index >= 15 is 0 Å². The van der Waals surface area contributed by atoms with E-state index in [4.69, 9.17) is 28.9 Å². The molecule has 0 aliphatic carbocycles. The highest BCUT2D eigenvalue weighted by Crippen LogP contribution is 2.23. The first-order valence-corrected chi connectivity index (χ1v) is 9.57. The molecule has 0 radical (unpaired) electrons. The van der Waals surface area contributed by atoms with E-state index in [0.717, 1.165) is 50.3 Å². The summed E-state index contributed by atoms with van der Waals surface area (Å²) in [6, 6.07) is 13.3. The molecule has 0 bridgehead atoms. The molecule has 2 aromatic rings. The molecule has 1 aliphatic heterocycles. The fourth-order valence-corrected chi connectivity index (χ4v) is 3.44. The topological polar surface area (TPSA) is 49.6 Å². The van der Waals surface area contributed by atoms with Gasteiger partial charge in [-0.15, -0.1) is 0 Å². The maximum absolute atomic E-state index is 12.6. The molecule has 1 aliphatic rings. The van der Waals surface area contributed by atoms with Crippen molar-refractivity contribution < 1.29 is 4.79 Å². The first-order valence-electron chi connectivity index (χ1n) is 8.81. The predicted octanol–water partition coefficient (Wildman–Crippen LogP) is 3.45. The number of carbonyl (C=O) groups is 1. The molecule has 0 saturated carbocycles. The molecule has 2 aromatic carbocycles. The second-order valence-corrected chi connectivity index (χ2v) is 7.35. The van der Waals surface area contributed by atoms with Crippen LogP contribution in [0.4, 0.5) is 0 Å². The summed E-state index contributed by atoms with van der Waals surface area (Å²) in [5, 5.41) is 1.18. The van der Waals surface area contributed by atoms with Crippen LogP contribution < -0.4 is 5.73 Å². The molecule has 26 heavy (non-hydrogen) atoms. The van der Waals surface area contributed by atoms with Crippen molar-refractivity contribution in [2.75, 3.05) is 32.7 Å². The van der Waals surface area contributed by atoms with Crippen LogP contribution in [0.2, 0.25) is 10.0 Å². The van der Waals surface area contributed by atoms with Crippen LogP contribution >= 0.6 is 23.2 Å². The summed E-state index contributed by atoms with van der Waals surface area (Å²) in [5.74, 6) is 0.0951. The maximum Gasteiger partial charge on any atom is 0.253 e. The minimum absolute atomic E-state index is 0.0951. The van der Waals surface area contributed by atoms with Crippen molar-refractivity contribution in [2.45, 2.75) is 13.0 Å². The molecule has 1 heterocycles. The average Bonchev–Trinajstić information content (AvgIpc) is 2.69. The second-order valence-electron chi connectivity index (χ2n) is 6.53. The van der Waals surface area contributed by atoms with Crippen molar-refractivity contribution in [3.05, 3.63) is 69.2 Å². The quantitative estimate of drug-likeness (QED) is 0.848. The van der Waals surface area contributed by atoms with Gasteiger partial charge in [-0.25, -0.2) is 0 Å². The summed E-state index contributed by atoms with van der Waals surface area (Å²) in [7, 11) is 0. The lowest BCUT2D eigenvalue weighted by atomic mass is 10.1. The van der Waals surface area contributed by atoms with Crippen LogP contribution in [-0.2, 0) is 13.0 Å². The van der Waals surface area contributed by atoms with E-state index in [1.54, 1.807) is 0 Å². The Morgan fingerprint density at radius 3 is 2.19 bits per heavy atom. The molecule has 1 fully saturated rings. The Bertz CT molecular complexity index is 756. The Balaban J connectivity index is 1.48. The van der Waals surface area contributed by atoms with E-state index in [2.05, 4.69) is 4.90 Å². The molecule has 138 valence electrons. The highest BCUT2D eigenvalue weighted by atomic mass is 35.5. The van der Waals surface area contributed by atoms with Gasteiger partial charge in [0.15, 0.2) is 0 Å². The molecule has 3 rings (SSSR count).